The molecule has 2 rings (SSSR count). The normalized spacial score (nSPS) is 10.2. The third kappa shape index (κ3) is 3.31. The Morgan fingerprint density at radius 3 is 2.74 bits per heavy atom. The van der Waals surface area contributed by atoms with E-state index in [4.69, 9.17) is 0 Å². The summed E-state index contributed by atoms with van der Waals surface area (Å²) < 4.78 is 0. The molecule has 0 aliphatic rings. The van der Waals surface area contributed by atoms with E-state index in [0.29, 0.717) is 5.69 Å². The van der Waals surface area contributed by atoms with Crippen LogP contribution >= 0.6 is 0 Å². The van der Waals surface area contributed by atoms with Crippen molar-refractivity contribution in [2.45, 2.75) is 20.3 Å². The van der Waals surface area contributed by atoms with E-state index in [1.54, 1.807) is 31.3 Å². The van der Waals surface area contributed by atoms with Crippen molar-refractivity contribution in [3.8, 4) is 5.75 Å². The molecule has 0 fully saturated rings. The van der Waals surface area contributed by atoms with Crippen LogP contribution in [0.5, 0.6) is 5.75 Å². The van der Waals surface area contributed by atoms with Crippen molar-refractivity contribution < 1.29 is 9.90 Å². The van der Waals surface area contributed by atoms with Gasteiger partial charge < -0.3 is 10.4 Å². The molecular formula is C15H16N2O2. The monoisotopic (exact) mass is 256 g/mol. The van der Waals surface area contributed by atoms with Gasteiger partial charge in [0.25, 0.3) is 0 Å². The van der Waals surface area contributed by atoms with Crippen LogP contribution in [0.3, 0.4) is 0 Å². The van der Waals surface area contributed by atoms with Crippen LogP contribution in [-0.2, 0) is 11.2 Å². The van der Waals surface area contributed by atoms with Gasteiger partial charge in [0.2, 0.25) is 5.91 Å². The summed E-state index contributed by atoms with van der Waals surface area (Å²) >= 11 is 0. The molecule has 0 atom stereocenters. The molecule has 0 aliphatic carbocycles. The first kappa shape index (κ1) is 13.1. The molecular weight excluding hydrogens is 240 g/mol. The number of aromatic nitrogens is 1. The average Bonchev–Trinajstić information content (AvgIpc) is 2.37. The number of pyridine rings is 1. The molecule has 1 heterocycles. The van der Waals surface area contributed by atoms with Crippen LogP contribution in [-0.4, -0.2) is 16.0 Å². The number of amides is 1. The van der Waals surface area contributed by atoms with E-state index in [0.717, 1.165) is 16.8 Å². The fraction of sp³-hybridized carbons (Fsp3) is 0.200. The number of aryl methyl sites for hydroxylation is 2. The second kappa shape index (κ2) is 5.52. The first-order valence-electron chi connectivity index (χ1n) is 6.06. The van der Waals surface area contributed by atoms with Crippen molar-refractivity contribution in [1.82, 2.24) is 4.98 Å². The van der Waals surface area contributed by atoms with Crippen LogP contribution in [0.4, 0.5) is 5.69 Å². The molecule has 1 aromatic heterocycles. The van der Waals surface area contributed by atoms with Gasteiger partial charge in [-0.2, -0.15) is 0 Å². The Hall–Kier alpha value is -2.36. The smallest absolute Gasteiger partial charge is 0.230 e. The highest BCUT2D eigenvalue weighted by Gasteiger charge is 2.08. The summed E-state index contributed by atoms with van der Waals surface area (Å²) in [6.45, 7) is 3.73. The molecule has 0 radical (unpaired) electrons. The maximum absolute atomic E-state index is 11.9. The van der Waals surface area contributed by atoms with Crippen LogP contribution < -0.4 is 5.32 Å². The van der Waals surface area contributed by atoms with E-state index in [2.05, 4.69) is 10.3 Å². The number of nitrogens with zero attached hydrogens (tertiary/aromatic N) is 1. The quantitative estimate of drug-likeness (QED) is 0.887. The van der Waals surface area contributed by atoms with E-state index in [9.17, 15) is 9.90 Å². The van der Waals surface area contributed by atoms with Gasteiger partial charge in [0.05, 0.1) is 12.1 Å². The zero-order valence-electron chi connectivity index (χ0n) is 11.0. The van der Waals surface area contributed by atoms with Gasteiger partial charge in [0.1, 0.15) is 5.75 Å². The van der Waals surface area contributed by atoms with E-state index in [-0.39, 0.29) is 18.1 Å². The van der Waals surface area contributed by atoms with Crippen molar-refractivity contribution in [3.63, 3.8) is 0 Å². The molecule has 0 aliphatic heterocycles. The molecule has 0 saturated carbocycles. The SMILES string of the molecule is Cc1ccc(NC(=O)Cc2ncccc2C)cc1O. The highest BCUT2D eigenvalue weighted by Crippen LogP contribution is 2.20. The lowest BCUT2D eigenvalue weighted by atomic mass is 10.1. The highest BCUT2D eigenvalue weighted by molar-refractivity contribution is 5.92. The molecule has 0 spiro atoms. The first-order valence-corrected chi connectivity index (χ1v) is 6.06. The lowest BCUT2D eigenvalue weighted by Crippen LogP contribution is -2.15. The van der Waals surface area contributed by atoms with Crippen molar-refractivity contribution >= 4 is 11.6 Å². The van der Waals surface area contributed by atoms with Crippen LogP contribution in [0, 0.1) is 13.8 Å². The number of carbonyl (C=O) groups excluding carboxylic acids is 1. The second-order valence-electron chi connectivity index (χ2n) is 4.49. The van der Waals surface area contributed by atoms with Crippen LogP contribution in [0.1, 0.15) is 16.8 Å². The van der Waals surface area contributed by atoms with Crippen LogP contribution in [0.15, 0.2) is 36.5 Å². The van der Waals surface area contributed by atoms with Crippen LogP contribution in [0.2, 0.25) is 0 Å². The molecule has 4 heteroatoms. The summed E-state index contributed by atoms with van der Waals surface area (Å²) in [5.41, 5.74) is 3.11. The van der Waals surface area contributed by atoms with Crippen molar-refractivity contribution in [1.29, 1.82) is 0 Å². The molecule has 4 nitrogen and oxygen atoms in total. The van der Waals surface area contributed by atoms with Gasteiger partial charge in [-0.25, -0.2) is 0 Å². The summed E-state index contributed by atoms with van der Waals surface area (Å²) in [6, 6.07) is 8.83. The lowest BCUT2D eigenvalue weighted by Gasteiger charge is -2.08. The van der Waals surface area contributed by atoms with Gasteiger partial charge in [0.15, 0.2) is 0 Å². The number of phenolic OH excluding ortho intramolecular Hbond substituents is 1. The van der Waals surface area contributed by atoms with E-state index >= 15 is 0 Å². The van der Waals surface area contributed by atoms with Gasteiger partial charge in [-0.05, 0) is 37.1 Å². The van der Waals surface area contributed by atoms with Crippen molar-refractivity contribution in [3.05, 3.63) is 53.3 Å². The number of phenols is 1. The number of carbonyl (C=O) groups is 1. The number of aromatic hydroxyl groups is 1. The molecule has 1 amide bonds. The predicted molar refractivity (Wildman–Crippen MR) is 74.2 cm³/mol. The summed E-state index contributed by atoms with van der Waals surface area (Å²) in [7, 11) is 0. The average molecular weight is 256 g/mol. The summed E-state index contributed by atoms with van der Waals surface area (Å²) in [6.07, 6.45) is 1.90. The fourth-order valence-electron chi connectivity index (χ4n) is 1.75. The Kier molecular flexibility index (Phi) is 3.80. The lowest BCUT2D eigenvalue weighted by molar-refractivity contribution is -0.115. The Morgan fingerprint density at radius 1 is 1.26 bits per heavy atom. The predicted octanol–water partition coefficient (Wildman–Crippen LogP) is 2.59. The van der Waals surface area contributed by atoms with Gasteiger partial charge in [-0.3, -0.25) is 9.78 Å². The molecule has 19 heavy (non-hydrogen) atoms. The second-order valence-corrected chi connectivity index (χ2v) is 4.49. The topological polar surface area (TPSA) is 62.2 Å². The van der Waals surface area contributed by atoms with Crippen molar-refractivity contribution in [2.24, 2.45) is 0 Å². The van der Waals surface area contributed by atoms with Gasteiger partial charge >= 0.3 is 0 Å². The van der Waals surface area contributed by atoms with Gasteiger partial charge in [-0.1, -0.05) is 12.1 Å². The maximum atomic E-state index is 11.9. The maximum Gasteiger partial charge on any atom is 0.230 e. The minimum atomic E-state index is -0.148. The first-order chi connectivity index (χ1) is 9.06. The van der Waals surface area contributed by atoms with Gasteiger partial charge in [0, 0.05) is 18.0 Å². The minimum absolute atomic E-state index is 0.148. The Morgan fingerprint density at radius 2 is 2.05 bits per heavy atom. The molecule has 2 N–H and O–H groups in total. The number of anilines is 1. The number of hydrogen-bond donors (Lipinski definition) is 2. The Labute approximate surface area is 112 Å². The van der Waals surface area contributed by atoms with E-state index in [1.807, 2.05) is 19.1 Å². The molecule has 2 aromatic rings. The fourth-order valence-corrected chi connectivity index (χ4v) is 1.75. The number of nitrogens with one attached hydrogen (secondary N) is 1. The molecule has 0 bridgehead atoms. The molecule has 98 valence electrons. The Bertz CT molecular complexity index is 609. The number of benzene rings is 1. The molecule has 1 aromatic carbocycles. The molecule has 0 saturated heterocycles. The standard InChI is InChI=1S/C15H16N2O2/c1-10-4-3-7-16-13(10)9-15(19)17-12-6-5-11(2)14(18)8-12/h3-8,18H,9H2,1-2H3,(H,17,19). The minimum Gasteiger partial charge on any atom is -0.508 e. The summed E-state index contributed by atoms with van der Waals surface area (Å²) in [4.78, 5) is 16.1. The zero-order valence-corrected chi connectivity index (χ0v) is 11.0. The largest absolute Gasteiger partial charge is 0.508 e. The number of hydrogen-bond acceptors (Lipinski definition) is 3. The Balaban J connectivity index is 2.05. The van der Waals surface area contributed by atoms with Crippen LogP contribution in [0.25, 0.3) is 0 Å². The van der Waals surface area contributed by atoms with Gasteiger partial charge in [-0.15, -0.1) is 0 Å². The summed E-state index contributed by atoms with van der Waals surface area (Å²) in [5.74, 6) is 0.0249. The number of rotatable bonds is 3. The highest BCUT2D eigenvalue weighted by atomic mass is 16.3. The van der Waals surface area contributed by atoms with E-state index < -0.39 is 0 Å². The molecule has 0 unspecified atom stereocenters. The third-order valence-electron chi connectivity index (χ3n) is 2.94. The third-order valence-corrected chi connectivity index (χ3v) is 2.94. The summed E-state index contributed by atoms with van der Waals surface area (Å²) in [5, 5.41) is 12.3. The van der Waals surface area contributed by atoms with E-state index in [1.165, 1.54) is 0 Å². The zero-order chi connectivity index (χ0) is 13.8. The van der Waals surface area contributed by atoms with Crippen molar-refractivity contribution in [2.75, 3.05) is 5.32 Å².